The zero-order valence-electron chi connectivity index (χ0n) is 22.5. The molecule has 9 aromatic rings. The Balaban J connectivity index is 1.29. The van der Waals surface area contributed by atoms with Crippen molar-refractivity contribution in [3.63, 3.8) is 0 Å². The Morgan fingerprint density at radius 2 is 1.40 bits per heavy atom. The molecule has 0 aliphatic heterocycles. The Hall–Kier alpha value is -5.33. The summed E-state index contributed by atoms with van der Waals surface area (Å²) in [5, 5.41) is 4.23. The maximum atomic E-state index is 14.0. The molecule has 0 unspecified atom stereocenters. The molecule has 3 aromatic heterocycles. The fraction of sp³-hybridized carbons (Fsp3) is 0. The van der Waals surface area contributed by atoms with E-state index in [2.05, 4.69) is 53.1 Å². The van der Waals surface area contributed by atoms with Crippen molar-refractivity contribution in [2.24, 2.45) is 0 Å². The van der Waals surface area contributed by atoms with Gasteiger partial charge in [-0.15, -0.1) is 11.3 Å². The minimum atomic E-state index is -0.609. The largest absolute Gasteiger partial charge is 0.455 e. The number of furan rings is 1. The van der Waals surface area contributed by atoms with Crippen LogP contribution in [0.3, 0.4) is 0 Å². The molecule has 0 amide bonds. The van der Waals surface area contributed by atoms with Crippen LogP contribution in [0.15, 0.2) is 126 Å². The summed E-state index contributed by atoms with van der Waals surface area (Å²) in [6, 6.07) is 38.4. The molecule has 0 radical (unpaired) electrons. The number of hydrogen-bond acceptors (Lipinski definition) is 3. The van der Waals surface area contributed by atoms with Gasteiger partial charge in [-0.2, -0.15) is 0 Å². The van der Waals surface area contributed by atoms with E-state index in [4.69, 9.17) is 9.40 Å². The van der Waals surface area contributed by atoms with Crippen LogP contribution in [-0.2, 0) is 0 Å². The van der Waals surface area contributed by atoms with Crippen molar-refractivity contribution >= 4 is 64.5 Å². The maximum Gasteiger partial charge on any atom is 0.149 e. The van der Waals surface area contributed by atoms with Gasteiger partial charge in [-0.05, 0) is 77.9 Å². The van der Waals surface area contributed by atoms with Crippen LogP contribution < -0.4 is 0 Å². The molecule has 0 aliphatic carbocycles. The Bertz CT molecular complexity index is 2540. The van der Waals surface area contributed by atoms with Crippen molar-refractivity contribution in [3.05, 3.63) is 133 Å². The van der Waals surface area contributed by atoms with E-state index in [9.17, 15) is 8.78 Å². The van der Waals surface area contributed by atoms with Gasteiger partial charge in [0, 0.05) is 42.7 Å². The van der Waals surface area contributed by atoms with Crippen molar-refractivity contribution in [3.8, 4) is 28.2 Å². The van der Waals surface area contributed by atoms with Gasteiger partial charge < -0.3 is 4.42 Å². The van der Waals surface area contributed by atoms with Gasteiger partial charge >= 0.3 is 0 Å². The Morgan fingerprint density at radius 3 is 2.30 bits per heavy atom. The van der Waals surface area contributed by atoms with E-state index in [1.54, 1.807) is 11.3 Å². The highest BCUT2D eigenvalue weighted by molar-refractivity contribution is 7.25. The lowest BCUT2D eigenvalue weighted by atomic mass is 10.0. The summed E-state index contributed by atoms with van der Waals surface area (Å²) in [4.78, 5) is 5.12. The van der Waals surface area contributed by atoms with Gasteiger partial charge in [0.2, 0.25) is 0 Å². The lowest BCUT2D eigenvalue weighted by Gasteiger charge is -2.10. The molecule has 6 heteroatoms. The standard InChI is InChI=1S/C37H20F2N2OS/c38-23-16-22(17-24(39)19-23)21-12-14-33-29(18-21)27-7-5-8-28(36(27)42-33)37-40-31-9-2-3-10-32(31)41(37)25-13-15-35-30(20-25)26-6-1-4-11-34(26)43-35/h1-20H. The SMILES string of the molecule is Fc1cc(F)cc(-c2ccc3oc4c(-c5nc6ccccc6n5-c5ccc6sc7ccccc7c6c5)cccc4c3c2)c1. The molecule has 0 N–H and O–H groups in total. The van der Waals surface area contributed by atoms with E-state index in [-0.39, 0.29) is 0 Å². The highest BCUT2D eigenvalue weighted by atomic mass is 32.1. The summed E-state index contributed by atoms with van der Waals surface area (Å²) in [7, 11) is 0. The summed E-state index contributed by atoms with van der Waals surface area (Å²) in [6.45, 7) is 0. The van der Waals surface area contributed by atoms with E-state index < -0.39 is 11.6 Å². The molecule has 0 spiro atoms. The van der Waals surface area contributed by atoms with Crippen LogP contribution in [0, 0.1) is 11.6 Å². The van der Waals surface area contributed by atoms with Crippen LogP contribution in [0.2, 0.25) is 0 Å². The predicted octanol–water partition coefficient (Wildman–Crippen LogP) is 10.9. The maximum absolute atomic E-state index is 14.0. The lowest BCUT2D eigenvalue weighted by Crippen LogP contribution is -1.97. The molecule has 0 fully saturated rings. The number of rotatable bonds is 3. The number of nitrogens with zero attached hydrogens (tertiary/aromatic N) is 2. The summed E-state index contributed by atoms with van der Waals surface area (Å²) >= 11 is 1.80. The molecule has 3 nitrogen and oxygen atoms in total. The first kappa shape index (κ1) is 24.3. The smallest absolute Gasteiger partial charge is 0.149 e. The van der Waals surface area contributed by atoms with Crippen molar-refractivity contribution in [1.82, 2.24) is 9.55 Å². The number of aromatic nitrogens is 2. The average molecular weight is 579 g/mol. The molecule has 0 saturated heterocycles. The zero-order valence-corrected chi connectivity index (χ0v) is 23.3. The van der Waals surface area contributed by atoms with Gasteiger partial charge in [0.05, 0.1) is 16.6 Å². The van der Waals surface area contributed by atoms with Crippen LogP contribution in [0.25, 0.3) is 81.3 Å². The normalized spacial score (nSPS) is 12.0. The Morgan fingerprint density at radius 1 is 0.605 bits per heavy atom. The summed E-state index contributed by atoms with van der Waals surface area (Å²) in [6.07, 6.45) is 0. The molecule has 6 aromatic carbocycles. The van der Waals surface area contributed by atoms with Gasteiger partial charge in [-0.25, -0.2) is 13.8 Å². The van der Waals surface area contributed by atoms with Crippen molar-refractivity contribution < 1.29 is 13.2 Å². The fourth-order valence-corrected chi connectivity index (χ4v) is 7.28. The van der Waals surface area contributed by atoms with Crippen LogP contribution in [0.5, 0.6) is 0 Å². The number of para-hydroxylation sites is 3. The molecule has 43 heavy (non-hydrogen) atoms. The quantitative estimate of drug-likeness (QED) is 0.209. The molecule has 0 bridgehead atoms. The van der Waals surface area contributed by atoms with Gasteiger partial charge in [0.1, 0.15) is 28.6 Å². The zero-order chi connectivity index (χ0) is 28.7. The molecule has 0 saturated carbocycles. The van der Waals surface area contributed by atoms with Gasteiger partial charge in [0.15, 0.2) is 0 Å². The van der Waals surface area contributed by atoms with E-state index in [0.717, 1.165) is 44.9 Å². The van der Waals surface area contributed by atoms with E-state index in [1.165, 1.54) is 32.3 Å². The monoisotopic (exact) mass is 578 g/mol. The average Bonchev–Trinajstić information content (AvgIpc) is 3.71. The minimum absolute atomic E-state index is 0.475. The third kappa shape index (κ3) is 3.73. The number of thiophene rings is 1. The fourth-order valence-electron chi connectivity index (χ4n) is 6.20. The lowest BCUT2D eigenvalue weighted by molar-refractivity contribution is 0.584. The van der Waals surface area contributed by atoms with Crippen LogP contribution in [0.4, 0.5) is 8.78 Å². The minimum Gasteiger partial charge on any atom is -0.455 e. The Labute approximate surface area is 247 Å². The molecular weight excluding hydrogens is 558 g/mol. The first-order chi connectivity index (χ1) is 21.1. The van der Waals surface area contributed by atoms with Crippen LogP contribution in [-0.4, -0.2) is 9.55 Å². The second-order valence-electron chi connectivity index (χ2n) is 10.7. The first-order valence-corrected chi connectivity index (χ1v) is 14.7. The summed E-state index contributed by atoms with van der Waals surface area (Å²) < 4.78 is 39.2. The first-order valence-electron chi connectivity index (χ1n) is 13.9. The second kappa shape index (κ2) is 9.08. The van der Waals surface area contributed by atoms with E-state index in [0.29, 0.717) is 22.3 Å². The number of benzene rings is 6. The van der Waals surface area contributed by atoms with Gasteiger partial charge in [-0.1, -0.05) is 48.5 Å². The number of halogens is 2. The third-order valence-corrected chi connectivity index (χ3v) is 9.26. The highest BCUT2D eigenvalue weighted by Crippen LogP contribution is 2.40. The van der Waals surface area contributed by atoms with E-state index in [1.807, 2.05) is 54.6 Å². The third-order valence-electron chi connectivity index (χ3n) is 8.11. The van der Waals surface area contributed by atoms with Gasteiger partial charge in [0.25, 0.3) is 0 Å². The van der Waals surface area contributed by atoms with Gasteiger partial charge in [-0.3, -0.25) is 4.57 Å². The molecule has 204 valence electrons. The Kier molecular flexibility index (Phi) is 5.13. The molecule has 0 atom stereocenters. The van der Waals surface area contributed by atoms with Crippen molar-refractivity contribution in [2.45, 2.75) is 0 Å². The van der Waals surface area contributed by atoms with Crippen molar-refractivity contribution in [2.75, 3.05) is 0 Å². The topological polar surface area (TPSA) is 31.0 Å². The number of imidazole rings is 1. The molecule has 9 rings (SSSR count). The van der Waals surface area contributed by atoms with Crippen LogP contribution >= 0.6 is 11.3 Å². The molecule has 0 aliphatic rings. The van der Waals surface area contributed by atoms with Crippen LogP contribution in [0.1, 0.15) is 0 Å². The second-order valence-corrected chi connectivity index (χ2v) is 11.8. The summed E-state index contributed by atoms with van der Waals surface area (Å²) in [5.74, 6) is -0.443. The van der Waals surface area contributed by atoms with E-state index >= 15 is 0 Å². The highest BCUT2D eigenvalue weighted by Gasteiger charge is 2.20. The number of hydrogen-bond donors (Lipinski definition) is 0. The summed E-state index contributed by atoms with van der Waals surface area (Å²) in [5.41, 5.74) is 6.35. The molecular formula is C37H20F2N2OS. The molecule has 3 heterocycles. The number of fused-ring (bicyclic) bond motifs is 7. The predicted molar refractivity (Wildman–Crippen MR) is 172 cm³/mol. The van der Waals surface area contributed by atoms with Crippen molar-refractivity contribution in [1.29, 1.82) is 0 Å².